The van der Waals surface area contributed by atoms with E-state index in [1.165, 1.54) is 34.0 Å². The van der Waals surface area contributed by atoms with Crippen LogP contribution in [0.25, 0.3) is 11.4 Å². The lowest BCUT2D eigenvalue weighted by Gasteiger charge is -2.33. The van der Waals surface area contributed by atoms with E-state index < -0.39 is 17.8 Å². The monoisotopic (exact) mass is 590 g/mol. The van der Waals surface area contributed by atoms with E-state index in [0.29, 0.717) is 33.3 Å². The maximum atomic E-state index is 14.0. The van der Waals surface area contributed by atoms with Crippen molar-refractivity contribution in [3.8, 4) is 17.1 Å². The molecule has 1 heterocycles. The topological polar surface area (TPSA) is 102 Å². The van der Waals surface area contributed by atoms with Gasteiger partial charge in [-0.1, -0.05) is 61.2 Å². The number of nitrogens with zero attached hydrogens (tertiary/aromatic N) is 5. The van der Waals surface area contributed by atoms with Gasteiger partial charge in [0, 0.05) is 23.2 Å². The summed E-state index contributed by atoms with van der Waals surface area (Å²) >= 11 is 6.50. The lowest BCUT2D eigenvalue weighted by molar-refractivity contribution is -0.142. The molecule has 9 nitrogen and oxygen atoms in total. The third-order valence-corrected chi connectivity index (χ3v) is 7.76. The van der Waals surface area contributed by atoms with Crippen molar-refractivity contribution in [2.45, 2.75) is 57.3 Å². The zero-order valence-electron chi connectivity index (χ0n) is 23.2. The number of methoxy groups -OCH3 is 1. The largest absolute Gasteiger partial charge is 0.497 e. The summed E-state index contributed by atoms with van der Waals surface area (Å²) in [6.07, 6.45) is 4.94. The summed E-state index contributed by atoms with van der Waals surface area (Å²) in [6.45, 7) is -0.235. The molecule has 1 N–H and O–H groups in total. The summed E-state index contributed by atoms with van der Waals surface area (Å²) < 4.78 is 19.1. The van der Waals surface area contributed by atoms with Gasteiger partial charge >= 0.3 is 0 Å². The highest BCUT2D eigenvalue weighted by Gasteiger charge is 2.34. The Morgan fingerprint density at radius 3 is 2.45 bits per heavy atom. The zero-order valence-corrected chi connectivity index (χ0v) is 24.0. The Morgan fingerprint density at radius 2 is 1.76 bits per heavy atom. The number of tetrazole rings is 1. The fraction of sp³-hybridized carbons (Fsp3) is 0.323. The van der Waals surface area contributed by atoms with Gasteiger partial charge in [-0.25, -0.2) is 4.39 Å². The van der Waals surface area contributed by atoms with Crippen molar-refractivity contribution in [2.24, 2.45) is 0 Å². The molecule has 1 aliphatic carbocycles. The van der Waals surface area contributed by atoms with Gasteiger partial charge in [0.15, 0.2) is 0 Å². The molecule has 4 aromatic rings. The number of nitrogens with one attached hydrogen (secondary N) is 1. The van der Waals surface area contributed by atoms with Gasteiger partial charge < -0.3 is 15.0 Å². The van der Waals surface area contributed by atoms with Gasteiger partial charge in [-0.05, 0) is 71.6 Å². The lowest BCUT2D eigenvalue weighted by Crippen LogP contribution is -2.47. The van der Waals surface area contributed by atoms with Gasteiger partial charge in [0.05, 0.1) is 7.11 Å². The lowest BCUT2D eigenvalue weighted by atomic mass is 9.94. The molecule has 11 heteroatoms. The number of carbonyl (C=O) groups excluding carboxylic acids is 2. The van der Waals surface area contributed by atoms with Crippen LogP contribution in [-0.2, 0) is 22.7 Å². The Bertz CT molecular complexity index is 1510. The predicted octanol–water partition coefficient (Wildman–Crippen LogP) is 5.36. The molecule has 5 rings (SSSR count). The number of halogens is 2. The van der Waals surface area contributed by atoms with Crippen molar-refractivity contribution < 1.29 is 18.7 Å². The molecule has 0 saturated heterocycles. The molecule has 1 saturated carbocycles. The highest BCUT2D eigenvalue weighted by atomic mass is 35.5. The first-order valence-electron chi connectivity index (χ1n) is 13.9. The first kappa shape index (κ1) is 29.2. The van der Waals surface area contributed by atoms with Gasteiger partial charge in [0.2, 0.25) is 17.6 Å². The Labute approximate surface area is 248 Å². The second-order valence-electron chi connectivity index (χ2n) is 10.3. The number of amides is 2. The van der Waals surface area contributed by atoms with Gasteiger partial charge in [-0.15, -0.1) is 10.2 Å². The van der Waals surface area contributed by atoms with Gasteiger partial charge in [0.25, 0.3) is 0 Å². The number of ether oxygens (including phenoxy) is 1. The SMILES string of the molecule is COc1ccc(-c2nnn(CC(=O)N(Cc3ccccc3Cl)C(C(=O)NC3CCCCC3)c3ccc(F)cc3)n2)cc1. The van der Waals surface area contributed by atoms with Crippen LogP contribution >= 0.6 is 11.6 Å². The third-order valence-electron chi connectivity index (χ3n) is 7.39. The van der Waals surface area contributed by atoms with E-state index in [4.69, 9.17) is 16.3 Å². The van der Waals surface area contributed by atoms with E-state index in [0.717, 1.165) is 32.1 Å². The van der Waals surface area contributed by atoms with Crippen molar-refractivity contribution in [1.29, 1.82) is 0 Å². The Hall–Kier alpha value is -4.31. The molecule has 0 bridgehead atoms. The number of aromatic nitrogens is 4. The summed E-state index contributed by atoms with van der Waals surface area (Å²) in [7, 11) is 1.58. The van der Waals surface area contributed by atoms with Crippen molar-refractivity contribution in [1.82, 2.24) is 30.4 Å². The van der Waals surface area contributed by atoms with Crippen LogP contribution in [0.3, 0.4) is 0 Å². The summed E-state index contributed by atoms with van der Waals surface area (Å²) in [5, 5.41) is 16.2. The molecule has 218 valence electrons. The van der Waals surface area contributed by atoms with E-state index in [1.807, 2.05) is 6.07 Å². The molecular weight excluding hydrogens is 559 g/mol. The molecular formula is C31H32ClFN6O3. The first-order chi connectivity index (χ1) is 20.4. The standard InChI is InChI=1S/C31H32ClFN6O3/c1-42-26-17-13-22(14-18-26)30-35-37-39(36-30)20-28(40)38(19-23-7-5-6-10-27(23)32)29(21-11-15-24(33)16-12-21)31(41)34-25-8-3-2-4-9-25/h5-7,10-18,25,29H,2-4,8-9,19-20H2,1H3,(H,34,41). The quantitative estimate of drug-likeness (QED) is 0.267. The van der Waals surface area contributed by atoms with E-state index >= 15 is 0 Å². The van der Waals surface area contributed by atoms with Gasteiger partial charge in [0.1, 0.15) is 24.2 Å². The van der Waals surface area contributed by atoms with Crippen LogP contribution in [0.5, 0.6) is 5.75 Å². The van der Waals surface area contributed by atoms with Crippen LogP contribution in [0, 0.1) is 5.82 Å². The van der Waals surface area contributed by atoms with Gasteiger partial charge in [-0.2, -0.15) is 4.80 Å². The Morgan fingerprint density at radius 1 is 1.05 bits per heavy atom. The highest BCUT2D eigenvalue weighted by molar-refractivity contribution is 6.31. The molecule has 1 atom stereocenters. The molecule has 1 aromatic heterocycles. The first-order valence-corrected chi connectivity index (χ1v) is 14.3. The molecule has 2 amide bonds. The van der Waals surface area contributed by atoms with Crippen molar-refractivity contribution in [3.63, 3.8) is 0 Å². The van der Waals surface area contributed by atoms with E-state index in [1.54, 1.807) is 49.6 Å². The number of rotatable bonds is 10. The van der Waals surface area contributed by atoms with Crippen LogP contribution in [0.4, 0.5) is 4.39 Å². The minimum atomic E-state index is -1.04. The summed E-state index contributed by atoms with van der Waals surface area (Å²) in [5.41, 5.74) is 1.85. The number of benzene rings is 3. The predicted molar refractivity (Wildman–Crippen MR) is 156 cm³/mol. The number of hydrogen-bond acceptors (Lipinski definition) is 6. The molecule has 0 spiro atoms. The zero-order chi connectivity index (χ0) is 29.5. The normalized spacial score (nSPS) is 14.3. The molecule has 0 radical (unpaired) electrons. The van der Waals surface area contributed by atoms with Gasteiger partial charge in [-0.3, -0.25) is 9.59 Å². The van der Waals surface area contributed by atoms with Crippen LogP contribution in [0.2, 0.25) is 5.02 Å². The summed E-state index contributed by atoms with van der Waals surface area (Å²) in [5.74, 6) is -0.170. The summed E-state index contributed by atoms with van der Waals surface area (Å²) in [6, 6.07) is 18.9. The van der Waals surface area contributed by atoms with Crippen LogP contribution < -0.4 is 10.1 Å². The molecule has 1 aliphatic rings. The average Bonchev–Trinajstić information content (AvgIpc) is 3.47. The third kappa shape index (κ3) is 7.12. The van der Waals surface area contributed by atoms with Crippen LogP contribution in [-0.4, -0.2) is 50.1 Å². The smallest absolute Gasteiger partial charge is 0.247 e. The van der Waals surface area contributed by atoms with E-state index in [-0.39, 0.29) is 25.0 Å². The molecule has 42 heavy (non-hydrogen) atoms. The fourth-order valence-corrected chi connectivity index (χ4v) is 5.35. The molecule has 1 fully saturated rings. The Balaban J connectivity index is 1.46. The average molecular weight is 591 g/mol. The number of hydrogen-bond donors (Lipinski definition) is 1. The van der Waals surface area contributed by atoms with Crippen molar-refractivity contribution >= 4 is 23.4 Å². The van der Waals surface area contributed by atoms with Crippen molar-refractivity contribution in [2.75, 3.05) is 7.11 Å². The maximum Gasteiger partial charge on any atom is 0.247 e. The summed E-state index contributed by atoms with van der Waals surface area (Å²) in [4.78, 5) is 30.6. The highest BCUT2D eigenvalue weighted by Crippen LogP contribution is 2.28. The van der Waals surface area contributed by atoms with Crippen LogP contribution in [0.15, 0.2) is 72.8 Å². The van der Waals surface area contributed by atoms with E-state index in [9.17, 15) is 14.0 Å². The molecule has 1 unspecified atom stereocenters. The Kier molecular flexibility index (Phi) is 9.43. The second kappa shape index (κ2) is 13.6. The maximum absolute atomic E-state index is 14.0. The molecule has 0 aliphatic heterocycles. The second-order valence-corrected chi connectivity index (χ2v) is 10.7. The minimum Gasteiger partial charge on any atom is -0.497 e. The van der Waals surface area contributed by atoms with Crippen molar-refractivity contribution in [3.05, 3.63) is 94.8 Å². The minimum absolute atomic E-state index is 0.00972. The number of carbonyl (C=O) groups is 2. The molecule has 3 aromatic carbocycles. The van der Waals surface area contributed by atoms with Crippen LogP contribution in [0.1, 0.15) is 49.3 Å². The fourth-order valence-electron chi connectivity index (χ4n) is 5.16. The van der Waals surface area contributed by atoms with E-state index in [2.05, 4.69) is 20.7 Å².